The molecule has 0 bridgehead atoms. The highest BCUT2D eigenvalue weighted by Crippen LogP contribution is 2.40. The number of alkyl halides is 2. The zero-order valence-corrected chi connectivity index (χ0v) is 11.1. The van der Waals surface area contributed by atoms with Crippen LogP contribution in [0.5, 0.6) is 0 Å². The molecule has 1 aromatic rings. The lowest BCUT2D eigenvalue weighted by Gasteiger charge is -2.19. The minimum absolute atomic E-state index is 0.0126. The minimum Gasteiger partial charge on any atom is -0.327 e. The third-order valence-corrected chi connectivity index (χ3v) is 4.23. The van der Waals surface area contributed by atoms with Crippen LogP contribution in [0.25, 0.3) is 0 Å². The number of hydrogen-bond donors (Lipinski definition) is 1. The minimum atomic E-state index is -2.50. The van der Waals surface area contributed by atoms with Crippen LogP contribution >= 0.6 is 15.9 Å². The summed E-state index contributed by atoms with van der Waals surface area (Å²) < 4.78 is 27.2. The molecule has 2 N–H and O–H groups in total. The Morgan fingerprint density at radius 3 is 2.71 bits per heavy atom. The second-order valence-corrected chi connectivity index (χ2v) is 5.67. The summed E-state index contributed by atoms with van der Waals surface area (Å²) in [5.41, 5.74) is 7.14. The van der Waals surface area contributed by atoms with Crippen LogP contribution in [0.15, 0.2) is 28.7 Å². The summed E-state index contributed by atoms with van der Waals surface area (Å²) in [7, 11) is 0. The van der Waals surface area contributed by atoms with Crippen LogP contribution in [-0.2, 0) is 6.42 Å². The van der Waals surface area contributed by atoms with Crippen LogP contribution < -0.4 is 5.73 Å². The molecule has 94 valence electrons. The van der Waals surface area contributed by atoms with E-state index >= 15 is 0 Å². The van der Waals surface area contributed by atoms with Gasteiger partial charge in [-0.3, -0.25) is 0 Å². The molecule has 1 fully saturated rings. The molecule has 0 heterocycles. The molecule has 1 saturated carbocycles. The molecule has 0 radical (unpaired) electrons. The van der Waals surface area contributed by atoms with Crippen molar-refractivity contribution in [1.82, 2.24) is 0 Å². The van der Waals surface area contributed by atoms with Crippen molar-refractivity contribution in [1.29, 1.82) is 0 Å². The van der Waals surface area contributed by atoms with Crippen molar-refractivity contribution in [2.24, 2.45) is 11.7 Å². The number of benzene rings is 1. The molecular formula is C13H16BrF2N. The van der Waals surface area contributed by atoms with E-state index in [0.29, 0.717) is 12.8 Å². The van der Waals surface area contributed by atoms with Crippen LogP contribution in [0.3, 0.4) is 0 Å². The van der Waals surface area contributed by atoms with Gasteiger partial charge in [0.05, 0.1) is 0 Å². The predicted octanol–water partition coefficient (Wildman–Crippen LogP) is 3.75. The summed E-state index contributed by atoms with van der Waals surface area (Å²) in [6.07, 6.45) is 1.13. The van der Waals surface area contributed by atoms with Crippen molar-refractivity contribution in [2.45, 2.75) is 37.6 Å². The Bertz CT molecular complexity index is 395. The number of halogens is 3. The molecule has 1 nitrogen and oxygen atoms in total. The van der Waals surface area contributed by atoms with Gasteiger partial charge in [-0.2, -0.15) is 0 Å². The smallest absolute Gasteiger partial charge is 0.248 e. The van der Waals surface area contributed by atoms with Gasteiger partial charge in [0.1, 0.15) is 0 Å². The summed E-state index contributed by atoms with van der Waals surface area (Å²) >= 11 is 3.45. The van der Waals surface area contributed by atoms with E-state index < -0.39 is 5.92 Å². The molecule has 0 spiro atoms. The highest BCUT2D eigenvalue weighted by atomic mass is 79.9. The van der Waals surface area contributed by atoms with Crippen molar-refractivity contribution >= 4 is 15.9 Å². The van der Waals surface area contributed by atoms with Gasteiger partial charge in [-0.05, 0) is 30.4 Å². The Kier molecular flexibility index (Phi) is 3.83. The fourth-order valence-corrected chi connectivity index (χ4v) is 2.88. The first-order chi connectivity index (χ1) is 7.98. The molecule has 1 aliphatic rings. The Balaban J connectivity index is 1.98. The first-order valence-corrected chi connectivity index (χ1v) is 6.64. The summed E-state index contributed by atoms with van der Waals surface area (Å²) in [4.78, 5) is 0. The lowest BCUT2D eigenvalue weighted by Crippen LogP contribution is -2.31. The van der Waals surface area contributed by atoms with Crippen molar-refractivity contribution in [3.63, 3.8) is 0 Å². The maximum atomic E-state index is 13.1. The summed E-state index contributed by atoms with van der Waals surface area (Å²) in [5, 5.41) is 0. The van der Waals surface area contributed by atoms with Gasteiger partial charge in [-0.25, -0.2) is 8.78 Å². The molecule has 17 heavy (non-hydrogen) atoms. The van der Waals surface area contributed by atoms with Crippen molar-refractivity contribution in [2.75, 3.05) is 0 Å². The van der Waals surface area contributed by atoms with E-state index in [2.05, 4.69) is 15.9 Å². The second-order valence-electron chi connectivity index (χ2n) is 4.82. The van der Waals surface area contributed by atoms with Crippen molar-refractivity contribution < 1.29 is 8.78 Å². The molecule has 0 aromatic heterocycles. The van der Waals surface area contributed by atoms with Gasteiger partial charge in [-0.1, -0.05) is 34.1 Å². The van der Waals surface area contributed by atoms with Crippen LogP contribution in [-0.4, -0.2) is 12.0 Å². The maximum Gasteiger partial charge on any atom is 0.248 e. The van der Waals surface area contributed by atoms with Gasteiger partial charge in [0, 0.05) is 23.4 Å². The summed E-state index contributed by atoms with van der Waals surface area (Å²) in [6.45, 7) is 0. The van der Waals surface area contributed by atoms with Gasteiger partial charge >= 0.3 is 0 Å². The van der Waals surface area contributed by atoms with Crippen molar-refractivity contribution in [3.8, 4) is 0 Å². The third-order valence-electron chi connectivity index (χ3n) is 3.46. The Hall–Kier alpha value is -0.480. The molecule has 0 saturated heterocycles. The van der Waals surface area contributed by atoms with E-state index in [9.17, 15) is 8.78 Å². The highest BCUT2D eigenvalue weighted by molar-refractivity contribution is 9.10. The first-order valence-electron chi connectivity index (χ1n) is 5.85. The molecular weight excluding hydrogens is 288 g/mol. The van der Waals surface area contributed by atoms with Gasteiger partial charge in [-0.15, -0.1) is 0 Å². The van der Waals surface area contributed by atoms with Gasteiger partial charge in [0.25, 0.3) is 0 Å². The van der Waals surface area contributed by atoms with E-state index in [1.165, 1.54) is 0 Å². The lowest BCUT2D eigenvalue weighted by molar-refractivity contribution is 0.00393. The average molecular weight is 304 g/mol. The van der Waals surface area contributed by atoms with Crippen LogP contribution in [0.4, 0.5) is 8.78 Å². The first kappa shape index (κ1) is 13.0. The standard InChI is InChI=1S/C13H16BrF2N/c14-11-4-2-1-3-9(11)7-12(17)10-5-6-13(15,16)8-10/h1-4,10,12H,5-8,17H2. The molecule has 2 unspecified atom stereocenters. The molecule has 4 heteroatoms. The average Bonchev–Trinajstić information content (AvgIpc) is 2.62. The molecule has 0 aliphatic heterocycles. The van der Waals surface area contributed by atoms with Gasteiger partial charge in [0.15, 0.2) is 0 Å². The van der Waals surface area contributed by atoms with E-state index in [0.717, 1.165) is 10.0 Å². The largest absolute Gasteiger partial charge is 0.327 e. The van der Waals surface area contributed by atoms with Crippen molar-refractivity contribution in [3.05, 3.63) is 34.3 Å². The molecule has 0 amide bonds. The number of rotatable bonds is 3. The monoisotopic (exact) mass is 303 g/mol. The van der Waals surface area contributed by atoms with E-state index in [1.54, 1.807) is 0 Å². The SMILES string of the molecule is NC(Cc1ccccc1Br)C1CCC(F)(F)C1. The lowest BCUT2D eigenvalue weighted by atomic mass is 9.93. The van der Waals surface area contributed by atoms with E-state index in [4.69, 9.17) is 5.73 Å². The zero-order chi connectivity index (χ0) is 12.5. The molecule has 1 aliphatic carbocycles. The summed E-state index contributed by atoms with van der Waals surface area (Å²) in [5.74, 6) is -2.56. The fourth-order valence-electron chi connectivity index (χ4n) is 2.43. The van der Waals surface area contributed by atoms with Crippen LogP contribution in [0.2, 0.25) is 0 Å². The third kappa shape index (κ3) is 3.26. The van der Waals surface area contributed by atoms with Crippen LogP contribution in [0, 0.1) is 5.92 Å². The number of nitrogens with two attached hydrogens (primary N) is 1. The Labute approximate surface area is 109 Å². The predicted molar refractivity (Wildman–Crippen MR) is 68.1 cm³/mol. The second kappa shape index (κ2) is 5.02. The molecule has 1 aromatic carbocycles. The zero-order valence-electron chi connectivity index (χ0n) is 9.50. The topological polar surface area (TPSA) is 26.0 Å². The van der Waals surface area contributed by atoms with E-state index in [-0.39, 0.29) is 24.8 Å². The quantitative estimate of drug-likeness (QED) is 0.904. The van der Waals surface area contributed by atoms with Gasteiger partial charge in [0.2, 0.25) is 5.92 Å². The van der Waals surface area contributed by atoms with E-state index in [1.807, 2.05) is 24.3 Å². The van der Waals surface area contributed by atoms with Crippen LogP contribution in [0.1, 0.15) is 24.8 Å². The Morgan fingerprint density at radius 2 is 2.12 bits per heavy atom. The fraction of sp³-hybridized carbons (Fsp3) is 0.538. The summed E-state index contributed by atoms with van der Waals surface area (Å²) in [6, 6.07) is 7.63. The molecule has 2 atom stereocenters. The normalized spacial score (nSPS) is 24.8. The highest BCUT2D eigenvalue weighted by Gasteiger charge is 2.41. The maximum absolute atomic E-state index is 13.1. The molecule has 2 rings (SSSR count). The number of hydrogen-bond acceptors (Lipinski definition) is 1. The van der Waals surface area contributed by atoms with Gasteiger partial charge < -0.3 is 5.73 Å². The Morgan fingerprint density at radius 1 is 1.41 bits per heavy atom.